The van der Waals surface area contributed by atoms with Crippen LogP contribution in [0.2, 0.25) is 0 Å². The normalized spacial score (nSPS) is 10.0. The first-order valence-corrected chi connectivity index (χ1v) is 7.22. The highest BCUT2D eigenvalue weighted by Crippen LogP contribution is 2.08. The van der Waals surface area contributed by atoms with Gasteiger partial charge in [0, 0.05) is 11.4 Å². The summed E-state index contributed by atoms with van der Waals surface area (Å²) >= 11 is 1.53. The van der Waals surface area contributed by atoms with Crippen molar-refractivity contribution in [1.82, 2.24) is 10.6 Å². The highest BCUT2D eigenvalue weighted by atomic mass is 32.1. The van der Waals surface area contributed by atoms with Crippen LogP contribution < -0.4 is 10.6 Å². The molecule has 2 aromatic rings. The summed E-state index contributed by atoms with van der Waals surface area (Å²) in [5.74, 6) is -0.323. The van der Waals surface area contributed by atoms with E-state index in [0.717, 1.165) is 10.4 Å². The van der Waals surface area contributed by atoms with Crippen molar-refractivity contribution in [3.8, 4) is 0 Å². The summed E-state index contributed by atoms with van der Waals surface area (Å²) < 4.78 is 0. The predicted molar refractivity (Wildman–Crippen MR) is 79.3 cm³/mol. The predicted octanol–water partition coefficient (Wildman–Crippen LogP) is 1.72. The Morgan fingerprint density at radius 3 is 2.45 bits per heavy atom. The maximum Gasteiger partial charge on any atom is 0.239 e. The Morgan fingerprint density at radius 1 is 0.950 bits per heavy atom. The first-order valence-electron chi connectivity index (χ1n) is 6.34. The van der Waals surface area contributed by atoms with Crippen molar-refractivity contribution in [1.29, 1.82) is 0 Å². The minimum absolute atomic E-state index is 0.0110. The standard InChI is InChI=1S/C15H16N2O2S/c18-14(9-13-7-4-8-20-13)17-11-15(19)16-10-12-5-2-1-3-6-12/h1-8H,9-11H2,(H,16,19)(H,17,18). The van der Waals surface area contributed by atoms with Gasteiger partial charge in [0.05, 0.1) is 13.0 Å². The fourth-order valence-corrected chi connectivity index (χ4v) is 2.38. The van der Waals surface area contributed by atoms with Crippen LogP contribution in [0.25, 0.3) is 0 Å². The molecule has 4 nitrogen and oxygen atoms in total. The first kappa shape index (κ1) is 14.3. The van der Waals surface area contributed by atoms with E-state index in [4.69, 9.17) is 0 Å². The number of carbonyl (C=O) groups is 2. The molecule has 2 N–H and O–H groups in total. The Kier molecular flexibility index (Phi) is 5.32. The first-order chi connectivity index (χ1) is 9.74. The molecule has 20 heavy (non-hydrogen) atoms. The summed E-state index contributed by atoms with van der Waals surface area (Å²) in [6.07, 6.45) is 0.323. The smallest absolute Gasteiger partial charge is 0.239 e. The number of amides is 2. The molecule has 0 saturated heterocycles. The SMILES string of the molecule is O=C(CNC(=O)Cc1cccs1)NCc1ccccc1. The second-order valence-electron chi connectivity index (χ2n) is 4.30. The average Bonchev–Trinajstić information content (AvgIpc) is 2.97. The molecule has 0 unspecified atom stereocenters. The molecule has 1 heterocycles. The molecule has 104 valence electrons. The summed E-state index contributed by atoms with van der Waals surface area (Å²) in [5.41, 5.74) is 1.03. The topological polar surface area (TPSA) is 58.2 Å². The van der Waals surface area contributed by atoms with E-state index in [1.807, 2.05) is 47.8 Å². The molecule has 2 amide bonds. The molecule has 0 atom stereocenters. The van der Waals surface area contributed by atoms with Crippen molar-refractivity contribution in [3.63, 3.8) is 0 Å². The molecule has 1 aromatic carbocycles. The summed E-state index contributed by atoms with van der Waals surface area (Å²) in [6.45, 7) is 0.484. The molecule has 0 aliphatic carbocycles. The zero-order chi connectivity index (χ0) is 14.2. The number of hydrogen-bond acceptors (Lipinski definition) is 3. The van der Waals surface area contributed by atoms with Crippen LogP contribution in [0.1, 0.15) is 10.4 Å². The highest BCUT2D eigenvalue weighted by molar-refractivity contribution is 7.10. The number of hydrogen-bond donors (Lipinski definition) is 2. The molecule has 0 aliphatic rings. The fraction of sp³-hybridized carbons (Fsp3) is 0.200. The lowest BCUT2D eigenvalue weighted by Crippen LogP contribution is -2.37. The zero-order valence-corrected chi connectivity index (χ0v) is 11.8. The van der Waals surface area contributed by atoms with E-state index in [1.165, 1.54) is 11.3 Å². The van der Waals surface area contributed by atoms with E-state index in [0.29, 0.717) is 13.0 Å². The summed E-state index contributed by atoms with van der Waals surface area (Å²) in [7, 11) is 0. The van der Waals surface area contributed by atoms with Gasteiger partial charge < -0.3 is 10.6 Å². The average molecular weight is 288 g/mol. The van der Waals surface area contributed by atoms with Crippen LogP contribution in [0.5, 0.6) is 0 Å². The molecule has 0 fully saturated rings. The lowest BCUT2D eigenvalue weighted by Gasteiger charge is -2.06. The van der Waals surface area contributed by atoms with Crippen LogP contribution in [0, 0.1) is 0 Å². The number of rotatable bonds is 6. The lowest BCUT2D eigenvalue weighted by atomic mass is 10.2. The van der Waals surface area contributed by atoms with E-state index >= 15 is 0 Å². The highest BCUT2D eigenvalue weighted by Gasteiger charge is 2.06. The summed E-state index contributed by atoms with van der Waals surface area (Å²) in [5, 5.41) is 7.30. The Labute approximate surface area is 121 Å². The molecule has 0 bridgehead atoms. The van der Waals surface area contributed by atoms with Crippen LogP contribution in [-0.4, -0.2) is 18.4 Å². The van der Waals surface area contributed by atoms with Crippen molar-refractivity contribution in [2.75, 3.05) is 6.54 Å². The molecule has 0 aliphatic heterocycles. The van der Waals surface area contributed by atoms with Gasteiger partial charge in [-0.05, 0) is 17.0 Å². The van der Waals surface area contributed by atoms with Gasteiger partial charge in [0.2, 0.25) is 11.8 Å². The van der Waals surface area contributed by atoms with Crippen LogP contribution in [-0.2, 0) is 22.6 Å². The molecule has 0 saturated carbocycles. The second kappa shape index (κ2) is 7.45. The van der Waals surface area contributed by atoms with Crippen LogP contribution in [0.3, 0.4) is 0 Å². The molecule has 0 spiro atoms. The fourth-order valence-electron chi connectivity index (χ4n) is 1.67. The third-order valence-corrected chi connectivity index (χ3v) is 3.57. The van der Waals surface area contributed by atoms with E-state index in [1.54, 1.807) is 0 Å². The minimum Gasteiger partial charge on any atom is -0.350 e. The number of nitrogens with one attached hydrogen (secondary N) is 2. The van der Waals surface area contributed by atoms with Gasteiger partial charge in [0.15, 0.2) is 0 Å². The van der Waals surface area contributed by atoms with E-state index in [2.05, 4.69) is 10.6 Å². The minimum atomic E-state index is -0.187. The van der Waals surface area contributed by atoms with E-state index in [-0.39, 0.29) is 18.4 Å². The number of carbonyl (C=O) groups excluding carboxylic acids is 2. The van der Waals surface area contributed by atoms with Gasteiger partial charge in [-0.3, -0.25) is 9.59 Å². The van der Waals surface area contributed by atoms with Gasteiger partial charge in [-0.2, -0.15) is 0 Å². The van der Waals surface area contributed by atoms with Gasteiger partial charge in [-0.25, -0.2) is 0 Å². The molecule has 2 rings (SSSR count). The van der Waals surface area contributed by atoms with Crippen molar-refractivity contribution >= 4 is 23.2 Å². The Bertz CT molecular complexity index is 553. The molecule has 0 radical (unpaired) electrons. The van der Waals surface area contributed by atoms with Gasteiger partial charge in [0.25, 0.3) is 0 Å². The van der Waals surface area contributed by atoms with Gasteiger partial charge in [-0.15, -0.1) is 11.3 Å². The number of benzene rings is 1. The van der Waals surface area contributed by atoms with Crippen molar-refractivity contribution in [2.45, 2.75) is 13.0 Å². The molecular weight excluding hydrogens is 272 g/mol. The Balaban J connectivity index is 1.66. The van der Waals surface area contributed by atoms with Crippen molar-refractivity contribution in [2.24, 2.45) is 0 Å². The van der Waals surface area contributed by atoms with Gasteiger partial charge in [-0.1, -0.05) is 36.4 Å². The largest absolute Gasteiger partial charge is 0.350 e. The van der Waals surface area contributed by atoms with Crippen LogP contribution >= 0.6 is 11.3 Å². The zero-order valence-electron chi connectivity index (χ0n) is 11.0. The molecule has 5 heteroatoms. The third kappa shape index (κ3) is 4.85. The second-order valence-corrected chi connectivity index (χ2v) is 5.33. The van der Waals surface area contributed by atoms with Gasteiger partial charge >= 0.3 is 0 Å². The molecule has 1 aromatic heterocycles. The third-order valence-electron chi connectivity index (χ3n) is 2.69. The maximum absolute atomic E-state index is 11.6. The molecular formula is C15H16N2O2S. The number of thiophene rings is 1. The lowest BCUT2D eigenvalue weighted by molar-refractivity contribution is -0.125. The van der Waals surface area contributed by atoms with Crippen LogP contribution in [0.4, 0.5) is 0 Å². The monoisotopic (exact) mass is 288 g/mol. The Hall–Kier alpha value is -2.14. The van der Waals surface area contributed by atoms with Crippen LogP contribution in [0.15, 0.2) is 47.8 Å². The van der Waals surface area contributed by atoms with Crippen molar-refractivity contribution < 1.29 is 9.59 Å². The quantitative estimate of drug-likeness (QED) is 0.850. The van der Waals surface area contributed by atoms with Crippen molar-refractivity contribution in [3.05, 3.63) is 58.3 Å². The van der Waals surface area contributed by atoms with Gasteiger partial charge in [0.1, 0.15) is 0 Å². The summed E-state index contributed by atoms with van der Waals surface area (Å²) in [6, 6.07) is 13.5. The van der Waals surface area contributed by atoms with E-state index in [9.17, 15) is 9.59 Å². The Morgan fingerprint density at radius 2 is 1.75 bits per heavy atom. The maximum atomic E-state index is 11.6. The van der Waals surface area contributed by atoms with E-state index < -0.39 is 0 Å². The summed E-state index contributed by atoms with van der Waals surface area (Å²) in [4.78, 5) is 24.2.